The monoisotopic (exact) mass is 190 g/mol. The van der Waals surface area contributed by atoms with Crippen LogP contribution in [0.25, 0.3) is 0 Å². The fourth-order valence-corrected chi connectivity index (χ4v) is 2.19. The molecule has 74 valence electrons. The second kappa shape index (κ2) is 3.12. The van der Waals surface area contributed by atoms with Gasteiger partial charge < -0.3 is 4.74 Å². The molecule has 0 saturated heterocycles. The Bertz CT molecular complexity index is 370. The van der Waals surface area contributed by atoms with Crippen LogP contribution in [-0.2, 0) is 21.6 Å². The van der Waals surface area contributed by atoms with Crippen LogP contribution >= 0.6 is 0 Å². The molecule has 0 amide bonds. The first-order chi connectivity index (χ1) is 6.62. The number of rotatable bonds is 1. The molecular formula is C12H14O2. The van der Waals surface area contributed by atoms with Crippen LogP contribution < -0.4 is 0 Å². The molecule has 2 heteroatoms. The van der Waals surface area contributed by atoms with E-state index in [1.165, 1.54) is 12.5 Å². The van der Waals surface area contributed by atoms with Gasteiger partial charge in [-0.15, -0.1) is 0 Å². The lowest BCUT2D eigenvalue weighted by Crippen LogP contribution is -2.25. The molecule has 1 aromatic carbocycles. The summed E-state index contributed by atoms with van der Waals surface area (Å²) >= 11 is 0. The number of benzene rings is 1. The molecule has 0 spiro atoms. The summed E-state index contributed by atoms with van der Waals surface area (Å²) in [6.07, 6.45) is 1.89. The van der Waals surface area contributed by atoms with Gasteiger partial charge >= 0.3 is 5.97 Å². The van der Waals surface area contributed by atoms with Gasteiger partial charge in [-0.2, -0.15) is 0 Å². The minimum Gasteiger partial charge on any atom is -0.455 e. The number of fused-ring (bicyclic) bond motifs is 1. The number of carbonyl (C=O) groups is 1. The van der Waals surface area contributed by atoms with Gasteiger partial charge in [0.15, 0.2) is 0 Å². The number of hydrogen-bond donors (Lipinski definition) is 0. The first kappa shape index (κ1) is 9.25. The lowest BCUT2D eigenvalue weighted by molar-refractivity contribution is -0.156. The molecule has 0 aliphatic heterocycles. The van der Waals surface area contributed by atoms with Crippen LogP contribution in [-0.4, -0.2) is 5.97 Å². The lowest BCUT2D eigenvalue weighted by atomic mass is 9.98. The molecule has 0 aromatic heterocycles. The highest BCUT2D eigenvalue weighted by atomic mass is 16.6. The third-order valence-corrected chi connectivity index (χ3v) is 2.83. The summed E-state index contributed by atoms with van der Waals surface area (Å²) in [7, 11) is 0. The Kier molecular flexibility index (Phi) is 2.06. The maximum Gasteiger partial charge on any atom is 0.303 e. The maximum absolute atomic E-state index is 11.0. The van der Waals surface area contributed by atoms with Crippen molar-refractivity contribution in [2.45, 2.75) is 32.3 Å². The van der Waals surface area contributed by atoms with Crippen LogP contribution in [0.4, 0.5) is 0 Å². The van der Waals surface area contributed by atoms with E-state index >= 15 is 0 Å². The van der Waals surface area contributed by atoms with Crippen molar-refractivity contribution in [3.8, 4) is 0 Å². The van der Waals surface area contributed by atoms with Crippen LogP contribution in [0, 0.1) is 0 Å². The molecule has 14 heavy (non-hydrogen) atoms. The number of aryl methyl sites for hydroxylation is 1. The van der Waals surface area contributed by atoms with E-state index in [1.54, 1.807) is 0 Å². The predicted molar refractivity (Wildman–Crippen MR) is 53.9 cm³/mol. The predicted octanol–water partition coefficient (Wildman–Crippen LogP) is 2.41. The minimum absolute atomic E-state index is 0.204. The highest BCUT2D eigenvalue weighted by molar-refractivity contribution is 5.67. The molecule has 0 N–H and O–H groups in total. The van der Waals surface area contributed by atoms with E-state index in [1.807, 2.05) is 25.1 Å². The van der Waals surface area contributed by atoms with E-state index in [9.17, 15) is 4.79 Å². The Balaban J connectivity index is 2.37. The van der Waals surface area contributed by atoms with Crippen molar-refractivity contribution < 1.29 is 9.53 Å². The third-order valence-electron chi connectivity index (χ3n) is 2.83. The smallest absolute Gasteiger partial charge is 0.303 e. The van der Waals surface area contributed by atoms with Gasteiger partial charge in [0.2, 0.25) is 0 Å². The first-order valence-corrected chi connectivity index (χ1v) is 4.90. The number of hydrogen-bond acceptors (Lipinski definition) is 2. The summed E-state index contributed by atoms with van der Waals surface area (Å²) in [5, 5.41) is 0. The average molecular weight is 190 g/mol. The molecule has 0 heterocycles. The molecule has 0 saturated carbocycles. The Hall–Kier alpha value is -1.31. The summed E-state index contributed by atoms with van der Waals surface area (Å²) in [4.78, 5) is 11.0. The summed E-state index contributed by atoms with van der Waals surface area (Å²) in [6, 6.07) is 8.17. The van der Waals surface area contributed by atoms with Crippen LogP contribution in [0.3, 0.4) is 0 Å². The average Bonchev–Trinajstić information content (AvgIpc) is 2.44. The van der Waals surface area contributed by atoms with Crippen molar-refractivity contribution in [3.63, 3.8) is 0 Å². The van der Waals surface area contributed by atoms with Crippen molar-refractivity contribution in [1.82, 2.24) is 0 Å². The number of esters is 1. The van der Waals surface area contributed by atoms with Gasteiger partial charge in [0.1, 0.15) is 5.60 Å². The molecule has 0 unspecified atom stereocenters. The second-order valence-electron chi connectivity index (χ2n) is 3.98. The Morgan fingerprint density at radius 3 is 2.86 bits per heavy atom. The van der Waals surface area contributed by atoms with Gasteiger partial charge in [0.05, 0.1) is 0 Å². The summed E-state index contributed by atoms with van der Waals surface area (Å²) in [5.41, 5.74) is 2.06. The zero-order chi connectivity index (χ0) is 10.2. The molecule has 0 fully saturated rings. The normalized spacial score (nSPS) is 24.4. The summed E-state index contributed by atoms with van der Waals surface area (Å²) in [6.45, 7) is 3.45. The van der Waals surface area contributed by atoms with E-state index in [0.29, 0.717) is 0 Å². The Morgan fingerprint density at radius 2 is 2.14 bits per heavy atom. The van der Waals surface area contributed by atoms with Gasteiger partial charge in [-0.1, -0.05) is 24.3 Å². The van der Waals surface area contributed by atoms with Crippen LogP contribution in [0.1, 0.15) is 31.4 Å². The molecular weight excluding hydrogens is 176 g/mol. The molecule has 0 bridgehead atoms. The van der Waals surface area contributed by atoms with Gasteiger partial charge in [0.25, 0.3) is 0 Å². The van der Waals surface area contributed by atoms with E-state index in [0.717, 1.165) is 18.4 Å². The molecule has 2 rings (SSSR count). The van der Waals surface area contributed by atoms with Gasteiger partial charge in [-0.25, -0.2) is 0 Å². The molecule has 2 nitrogen and oxygen atoms in total. The molecule has 1 aliphatic carbocycles. The fourth-order valence-electron chi connectivity index (χ4n) is 2.19. The molecule has 1 aliphatic rings. The molecule has 1 aromatic rings. The largest absolute Gasteiger partial charge is 0.455 e. The number of ether oxygens (including phenoxy) is 1. The highest BCUT2D eigenvalue weighted by Crippen LogP contribution is 2.39. The fraction of sp³-hybridized carbons (Fsp3) is 0.417. The van der Waals surface area contributed by atoms with Crippen LogP contribution in [0.15, 0.2) is 24.3 Å². The first-order valence-electron chi connectivity index (χ1n) is 4.90. The summed E-state index contributed by atoms with van der Waals surface area (Å²) in [5.74, 6) is -0.204. The standard InChI is InChI=1S/C12H14O2/c1-9(13)14-12(2)8-7-10-5-3-4-6-11(10)12/h3-6H,7-8H2,1-2H3/t12-/m1/s1. The van der Waals surface area contributed by atoms with Gasteiger partial charge in [-0.3, -0.25) is 4.79 Å². The van der Waals surface area contributed by atoms with Crippen molar-refractivity contribution in [1.29, 1.82) is 0 Å². The van der Waals surface area contributed by atoms with Gasteiger partial charge in [0, 0.05) is 6.92 Å². The van der Waals surface area contributed by atoms with Crippen molar-refractivity contribution in [2.24, 2.45) is 0 Å². The van der Waals surface area contributed by atoms with E-state index in [-0.39, 0.29) is 5.97 Å². The minimum atomic E-state index is -0.400. The Morgan fingerprint density at radius 1 is 1.43 bits per heavy atom. The van der Waals surface area contributed by atoms with Crippen molar-refractivity contribution >= 4 is 5.97 Å². The number of carbonyl (C=O) groups excluding carboxylic acids is 1. The Labute approximate surface area is 83.9 Å². The SMILES string of the molecule is CC(=O)O[C@]1(C)CCc2ccccc21. The molecule has 0 radical (unpaired) electrons. The van der Waals surface area contributed by atoms with E-state index in [2.05, 4.69) is 6.07 Å². The van der Waals surface area contributed by atoms with E-state index < -0.39 is 5.60 Å². The zero-order valence-electron chi connectivity index (χ0n) is 8.54. The van der Waals surface area contributed by atoms with Crippen molar-refractivity contribution in [3.05, 3.63) is 35.4 Å². The van der Waals surface area contributed by atoms with Crippen LogP contribution in [0.2, 0.25) is 0 Å². The zero-order valence-corrected chi connectivity index (χ0v) is 8.54. The van der Waals surface area contributed by atoms with Crippen molar-refractivity contribution in [2.75, 3.05) is 0 Å². The quantitative estimate of drug-likeness (QED) is 0.636. The molecule has 1 atom stereocenters. The lowest BCUT2D eigenvalue weighted by Gasteiger charge is -2.24. The maximum atomic E-state index is 11.0. The van der Waals surface area contributed by atoms with Gasteiger partial charge in [-0.05, 0) is 30.9 Å². The second-order valence-corrected chi connectivity index (χ2v) is 3.98. The summed E-state index contributed by atoms with van der Waals surface area (Å²) < 4.78 is 5.39. The van der Waals surface area contributed by atoms with E-state index in [4.69, 9.17) is 4.74 Å². The highest BCUT2D eigenvalue weighted by Gasteiger charge is 2.36. The third kappa shape index (κ3) is 1.41. The van der Waals surface area contributed by atoms with Crippen LogP contribution in [0.5, 0.6) is 0 Å². The topological polar surface area (TPSA) is 26.3 Å².